The molecule has 162 valence electrons. The number of nitrogens with two attached hydrogens (primary N) is 1. The fourth-order valence-corrected chi connectivity index (χ4v) is 3.56. The molecule has 4 rings (SSSR count). The minimum Gasteiger partial charge on any atom is -0.355 e. The molecule has 0 atom stereocenters. The Kier molecular flexibility index (Phi) is 6.28. The van der Waals surface area contributed by atoms with Crippen LogP contribution >= 0.6 is 0 Å². The summed E-state index contributed by atoms with van der Waals surface area (Å²) >= 11 is 0. The second-order valence-corrected chi connectivity index (χ2v) is 7.38. The molecule has 7 nitrogen and oxygen atoms in total. The van der Waals surface area contributed by atoms with Crippen LogP contribution in [0.25, 0.3) is 27.8 Å². The van der Waals surface area contributed by atoms with Gasteiger partial charge in [-0.3, -0.25) is 9.59 Å². The predicted molar refractivity (Wildman–Crippen MR) is 126 cm³/mol. The van der Waals surface area contributed by atoms with Crippen LogP contribution in [0.2, 0.25) is 0 Å². The Morgan fingerprint density at radius 2 is 1.56 bits per heavy atom. The van der Waals surface area contributed by atoms with Gasteiger partial charge in [0.05, 0.1) is 11.2 Å². The molecule has 0 aliphatic heterocycles. The van der Waals surface area contributed by atoms with Gasteiger partial charge in [-0.15, -0.1) is 0 Å². The highest BCUT2D eigenvalue weighted by atomic mass is 16.2. The van der Waals surface area contributed by atoms with Crippen LogP contribution in [-0.4, -0.2) is 41.7 Å². The maximum Gasteiger partial charge on any atom is 0.251 e. The summed E-state index contributed by atoms with van der Waals surface area (Å²) in [4.78, 5) is 24.1. The minimum absolute atomic E-state index is 0.114. The third-order valence-electron chi connectivity index (χ3n) is 5.28. The Morgan fingerprint density at radius 3 is 2.25 bits per heavy atom. The number of aromatic nitrogens is 2. The van der Waals surface area contributed by atoms with Gasteiger partial charge in [0.1, 0.15) is 5.69 Å². The van der Waals surface area contributed by atoms with Crippen LogP contribution in [0.15, 0.2) is 72.8 Å². The summed E-state index contributed by atoms with van der Waals surface area (Å²) in [5.74, 6) is -0.244. The van der Waals surface area contributed by atoms with Gasteiger partial charge >= 0.3 is 0 Å². The second-order valence-electron chi connectivity index (χ2n) is 7.38. The van der Waals surface area contributed by atoms with Crippen molar-refractivity contribution in [1.82, 2.24) is 20.4 Å². The number of hydrogen-bond donors (Lipinski definition) is 3. The van der Waals surface area contributed by atoms with Crippen molar-refractivity contribution >= 4 is 22.7 Å². The van der Waals surface area contributed by atoms with E-state index in [1.54, 1.807) is 31.3 Å². The number of hydrogen-bond acceptors (Lipinski definition) is 4. The number of fused-ring (bicyclic) bond motifs is 1. The van der Waals surface area contributed by atoms with Crippen LogP contribution in [0.1, 0.15) is 27.1 Å². The van der Waals surface area contributed by atoms with Gasteiger partial charge in [-0.25, -0.2) is 4.68 Å². The average Bonchev–Trinajstić information content (AvgIpc) is 3.23. The molecule has 0 bridgehead atoms. The zero-order chi connectivity index (χ0) is 22.5. The number of benzene rings is 3. The highest BCUT2D eigenvalue weighted by Gasteiger charge is 2.14. The number of para-hydroxylation sites is 1. The maximum atomic E-state index is 12.3. The SMILES string of the molecule is CNC(=O)c1ccc(-n2nc(-c3ccc(C(=O)NCCCN)cc3)c3ccccc32)cc1. The van der Waals surface area contributed by atoms with Crippen molar-refractivity contribution in [3.8, 4) is 16.9 Å². The fourth-order valence-electron chi connectivity index (χ4n) is 3.56. The monoisotopic (exact) mass is 427 g/mol. The summed E-state index contributed by atoms with van der Waals surface area (Å²) in [7, 11) is 1.61. The van der Waals surface area contributed by atoms with Gasteiger partial charge in [0, 0.05) is 35.7 Å². The summed E-state index contributed by atoms with van der Waals surface area (Å²) in [5.41, 5.74) is 10.2. The lowest BCUT2D eigenvalue weighted by Crippen LogP contribution is -2.25. The zero-order valence-electron chi connectivity index (χ0n) is 17.8. The normalized spacial score (nSPS) is 10.8. The average molecular weight is 428 g/mol. The van der Waals surface area contributed by atoms with Crippen LogP contribution < -0.4 is 16.4 Å². The van der Waals surface area contributed by atoms with Crippen LogP contribution in [-0.2, 0) is 0 Å². The summed E-state index contributed by atoms with van der Waals surface area (Å²) in [6.07, 6.45) is 0.747. The fraction of sp³-hybridized carbons (Fsp3) is 0.160. The Bertz CT molecular complexity index is 1240. The first-order chi connectivity index (χ1) is 15.6. The molecule has 1 aromatic heterocycles. The number of amides is 2. The van der Waals surface area contributed by atoms with Crippen molar-refractivity contribution in [1.29, 1.82) is 0 Å². The Balaban J connectivity index is 1.67. The largest absolute Gasteiger partial charge is 0.355 e. The van der Waals surface area contributed by atoms with Gasteiger partial charge < -0.3 is 16.4 Å². The van der Waals surface area contributed by atoms with Gasteiger partial charge in [-0.05, 0) is 55.4 Å². The van der Waals surface area contributed by atoms with Crippen molar-refractivity contribution in [2.45, 2.75) is 6.42 Å². The summed E-state index contributed by atoms with van der Waals surface area (Å²) in [6, 6.07) is 22.7. The molecule has 4 aromatic rings. The van der Waals surface area contributed by atoms with Gasteiger partial charge in [-0.1, -0.05) is 30.3 Å². The van der Waals surface area contributed by atoms with Crippen molar-refractivity contribution in [2.75, 3.05) is 20.1 Å². The van der Waals surface area contributed by atoms with Crippen molar-refractivity contribution in [2.24, 2.45) is 5.73 Å². The second kappa shape index (κ2) is 9.45. The van der Waals surface area contributed by atoms with Gasteiger partial charge in [0.15, 0.2) is 0 Å². The van der Waals surface area contributed by atoms with E-state index in [1.807, 2.05) is 53.2 Å². The molecule has 0 aliphatic rings. The number of nitrogens with one attached hydrogen (secondary N) is 2. The standard InChI is InChI=1S/C25H25N5O2/c1-27-24(31)18-11-13-20(14-12-18)30-22-6-3-2-5-21(22)23(29-30)17-7-9-19(10-8-17)25(32)28-16-4-15-26/h2-3,5-14H,4,15-16,26H2,1H3,(H,27,31)(H,28,32). The molecule has 0 spiro atoms. The van der Waals surface area contributed by atoms with Crippen LogP contribution in [0, 0.1) is 0 Å². The summed E-state index contributed by atoms with van der Waals surface area (Å²) in [6.45, 7) is 1.11. The number of carbonyl (C=O) groups is 2. The van der Waals surface area contributed by atoms with E-state index >= 15 is 0 Å². The molecular weight excluding hydrogens is 402 g/mol. The van der Waals surface area contributed by atoms with E-state index in [0.29, 0.717) is 24.2 Å². The Labute approximate surface area is 186 Å². The van der Waals surface area contributed by atoms with Crippen molar-refractivity contribution < 1.29 is 9.59 Å². The maximum absolute atomic E-state index is 12.3. The molecule has 0 radical (unpaired) electrons. The molecule has 0 aliphatic carbocycles. The first-order valence-electron chi connectivity index (χ1n) is 10.5. The molecule has 3 aromatic carbocycles. The van der Waals surface area contributed by atoms with Crippen molar-refractivity contribution in [3.05, 3.63) is 83.9 Å². The van der Waals surface area contributed by atoms with Crippen LogP contribution in [0.3, 0.4) is 0 Å². The summed E-state index contributed by atoms with van der Waals surface area (Å²) < 4.78 is 1.87. The molecular formula is C25H25N5O2. The van der Waals surface area contributed by atoms with E-state index in [1.165, 1.54) is 0 Å². The first kappa shape index (κ1) is 21.3. The molecule has 0 fully saturated rings. The van der Waals surface area contributed by atoms with Crippen LogP contribution in [0.5, 0.6) is 0 Å². The molecule has 7 heteroatoms. The highest BCUT2D eigenvalue weighted by molar-refractivity contribution is 5.97. The molecule has 32 heavy (non-hydrogen) atoms. The number of rotatable bonds is 7. The van der Waals surface area contributed by atoms with E-state index in [2.05, 4.69) is 10.6 Å². The zero-order valence-corrected chi connectivity index (χ0v) is 17.8. The lowest BCUT2D eigenvalue weighted by Gasteiger charge is -2.06. The van der Waals surface area contributed by atoms with Gasteiger partial charge in [0.25, 0.3) is 11.8 Å². The summed E-state index contributed by atoms with van der Waals surface area (Å²) in [5, 5.41) is 11.4. The third kappa shape index (κ3) is 4.24. The number of carbonyl (C=O) groups excluding carboxylic acids is 2. The van der Waals surface area contributed by atoms with E-state index in [9.17, 15) is 9.59 Å². The smallest absolute Gasteiger partial charge is 0.251 e. The highest BCUT2D eigenvalue weighted by Crippen LogP contribution is 2.30. The van der Waals surface area contributed by atoms with Gasteiger partial charge in [-0.2, -0.15) is 5.10 Å². The van der Waals surface area contributed by atoms with Crippen LogP contribution in [0.4, 0.5) is 0 Å². The third-order valence-corrected chi connectivity index (χ3v) is 5.28. The lowest BCUT2D eigenvalue weighted by atomic mass is 10.1. The van der Waals surface area contributed by atoms with E-state index in [0.717, 1.165) is 34.3 Å². The first-order valence-corrected chi connectivity index (χ1v) is 10.5. The van der Waals surface area contributed by atoms with E-state index in [4.69, 9.17) is 10.8 Å². The minimum atomic E-state index is -0.130. The molecule has 0 saturated heterocycles. The predicted octanol–water partition coefficient (Wildman–Crippen LogP) is 3.13. The topological polar surface area (TPSA) is 102 Å². The van der Waals surface area contributed by atoms with E-state index in [-0.39, 0.29) is 11.8 Å². The Morgan fingerprint density at radius 1 is 0.906 bits per heavy atom. The van der Waals surface area contributed by atoms with Crippen molar-refractivity contribution in [3.63, 3.8) is 0 Å². The quantitative estimate of drug-likeness (QED) is 0.394. The molecule has 0 unspecified atom stereocenters. The lowest BCUT2D eigenvalue weighted by molar-refractivity contribution is 0.0949. The molecule has 0 saturated carbocycles. The Hall–Kier alpha value is -3.97. The van der Waals surface area contributed by atoms with E-state index < -0.39 is 0 Å². The molecule has 4 N–H and O–H groups in total. The molecule has 2 amide bonds. The number of nitrogens with zero attached hydrogens (tertiary/aromatic N) is 2. The molecule has 1 heterocycles. The van der Waals surface area contributed by atoms with Gasteiger partial charge in [0.2, 0.25) is 0 Å².